The zero-order valence-corrected chi connectivity index (χ0v) is 20.2. The van der Waals surface area contributed by atoms with Gasteiger partial charge in [-0.15, -0.1) is 0 Å². The van der Waals surface area contributed by atoms with Crippen LogP contribution in [0.3, 0.4) is 0 Å². The molecule has 1 aliphatic rings. The molecular formula is C25H31ClFN5O. The number of carbonyl (C=O) groups excluding carboxylic acids is 1. The van der Waals surface area contributed by atoms with E-state index in [9.17, 15) is 9.18 Å². The molecule has 176 valence electrons. The number of nitrogens with one attached hydrogen (secondary N) is 1. The van der Waals surface area contributed by atoms with Gasteiger partial charge in [-0.1, -0.05) is 17.7 Å². The van der Waals surface area contributed by atoms with Gasteiger partial charge < -0.3 is 15.1 Å². The highest BCUT2D eigenvalue weighted by atomic mass is 35.5. The van der Waals surface area contributed by atoms with Crippen LogP contribution in [0.15, 0.2) is 36.5 Å². The van der Waals surface area contributed by atoms with Gasteiger partial charge in [0.25, 0.3) is 0 Å². The molecule has 0 bridgehead atoms. The van der Waals surface area contributed by atoms with Crippen LogP contribution in [0.2, 0.25) is 5.02 Å². The molecule has 8 heteroatoms. The number of hydrogen-bond acceptors (Lipinski definition) is 5. The number of likely N-dealkylation sites (N-methyl/N-ethyl adjacent to an activating group) is 2. The minimum absolute atomic E-state index is 0.0686. The molecule has 1 atom stereocenters. The number of pyridine rings is 1. The summed E-state index contributed by atoms with van der Waals surface area (Å²) < 4.78 is 13.9. The lowest BCUT2D eigenvalue weighted by atomic mass is 10.0. The molecule has 2 aromatic rings. The average Bonchev–Trinajstić information content (AvgIpc) is 3.61. The van der Waals surface area contributed by atoms with Crippen molar-refractivity contribution in [3.63, 3.8) is 0 Å². The number of anilines is 1. The molecule has 0 saturated heterocycles. The molecule has 1 aromatic carbocycles. The summed E-state index contributed by atoms with van der Waals surface area (Å²) >= 11 is 5.81. The van der Waals surface area contributed by atoms with Crippen LogP contribution in [0, 0.1) is 17.1 Å². The van der Waals surface area contributed by atoms with Gasteiger partial charge in [-0.05, 0) is 63.4 Å². The van der Waals surface area contributed by atoms with Gasteiger partial charge >= 0.3 is 0 Å². The van der Waals surface area contributed by atoms with Crippen molar-refractivity contribution in [2.45, 2.75) is 51.6 Å². The Kier molecular flexibility index (Phi) is 8.28. The van der Waals surface area contributed by atoms with E-state index in [1.165, 1.54) is 6.07 Å². The van der Waals surface area contributed by atoms with E-state index < -0.39 is 5.82 Å². The Bertz CT molecular complexity index is 1000. The maximum absolute atomic E-state index is 13.9. The van der Waals surface area contributed by atoms with E-state index in [1.54, 1.807) is 18.3 Å². The standard InChI is InChI=1S/C25H31ClFN5O/c1-4-31(17-18(3)32(5-2)23-9-6-19(15-28)16-29-23)24(33)10-13-30-25(11-12-25)20-7-8-21(26)22(27)14-20/h6-9,14,16,18,30H,4-5,10-13,17H2,1-3H3. The molecule has 0 spiro atoms. The van der Waals surface area contributed by atoms with E-state index in [-0.39, 0.29) is 22.5 Å². The molecular weight excluding hydrogens is 441 g/mol. The largest absolute Gasteiger partial charge is 0.352 e. The summed E-state index contributed by atoms with van der Waals surface area (Å²) in [5.41, 5.74) is 1.15. The fourth-order valence-electron chi connectivity index (χ4n) is 4.20. The summed E-state index contributed by atoms with van der Waals surface area (Å²) in [4.78, 5) is 21.3. The number of halogens is 2. The fourth-order valence-corrected chi connectivity index (χ4v) is 4.32. The topological polar surface area (TPSA) is 72.3 Å². The summed E-state index contributed by atoms with van der Waals surface area (Å²) in [6.45, 7) is 8.58. The van der Waals surface area contributed by atoms with E-state index >= 15 is 0 Å². The van der Waals surface area contributed by atoms with Crippen molar-refractivity contribution in [1.82, 2.24) is 15.2 Å². The second kappa shape index (κ2) is 11.0. The van der Waals surface area contributed by atoms with Crippen molar-refractivity contribution in [3.05, 3.63) is 58.5 Å². The number of amides is 1. The molecule has 1 saturated carbocycles. The fraction of sp³-hybridized carbons (Fsp3) is 0.480. The van der Waals surface area contributed by atoms with Crippen LogP contribution in [0.1, 0.15) is 51.2 Å². The summed E-state index contributed by atoms with van der Waals surface area (Å²) in [6, 6.07) is 10.7. The second-order valence-electron chi connectivity index (χ2n) is 8.47. The molecule has 33 heavy (non-hydrogen) atoms. The van der Waals surface area contributed by atoms with Gasteiger partial charge in [0.1, 0.15) is 17.7 Å². The summed E-state index contributed by atoms with van der Waals surface area (Å²) in [7, 11) is 0. The van der Waals surface area contributed by atoms with Gasteiger partial charge in [-0.2, -0.15) is 5.26 Å². The number of aromatic nitrogens is 1. The quantitative estimate of drug-likeness (QED) is 0.523. The molecule has 1 aliphatic carbocycles. The zero-order valence-electron chi connectivity index (χ0n) is 19.4. The average molecular weight is 472 g/mol. The molecule has 3 rings (SSSR count). The Balaban J connectivity index is 1.54. The number of rotatable bonds is 11. The number of hydrogen-bond donors (Lipinski definition) is 1. The Labute approximate surface area is 200 Å². The summed E-state index contributed by atoms with van der Waals surface area (Å²) in [5.74, 6) is 0.459. The number of benzene rings is 1. The zero-order chi connectivity index (χ0) is 24.0. The van der Waals surface area contributed by atoms with Crippen LogP contribution < -0.4 is 10.2 Å². The summed E-state index contributed by atoms with van der Waals surface area (Å²) in [6.07, 6.45) is 3.78. The van der Waals surface area contributed by atoms with Gasteiger partial charge in [0.15, 0.2) is 0 Å². The van der Waals surface area contributed by atoms with Crippen LogP contribution in [-0.2, 0) is 10.3 Å². The highest BCUT2D eigenvalue weighted by Gasteiger charge is 2.44. The van der Waals surface area contributed by atoms with Gasteiger partial charge in [-0.25, -0.2) is 9.37 Å². The van der Waals surface area contributed by atoms with Gasteiger partial charge in [0.2, 0.25) is 5.91 Å². The minimum atomic E-state index is -0.415. The Morgan fingerprint density at radius 1 is 1.30 bits per heavy atom. The minimum Gasteiger partial charge on any atom is -0.352 e. The van der Waals surface area contributed by atoms with Gasteiger partial charge in [0.05, 0.1) is 10.6 Å². The van der Waals surface area contributed by atoms with Crippen molar-refractivity contribution in [2.24, 2.45) is 0 Å². The Morgan fingerprint density at radius 2 is 2.06 bits per heavy atom. The molecule has 1 fully saturated rings. The normalized spacial score (nSPS) is 14.9. The van der Waals surface area contributed by atoms with Crippen LogP contribution >= 0.6 is 11.6 Å². The Hall–Kier alpha value is -2.69. The van der Waals surface area contributed by atoms with Crippen LogP contribution in [-0.4, -0.2) is 48.0 Å². The van der Waals surface area contributed by atoms with Crippen LogP contribution in [0.5, 0.6) is 0 Å². The van der Waals surface area contributed by atoms with Crippen molar-refractivity contribution < 1.29 is 9.18 Å². The number of carbonyl (C=O) groups is 1. The maximum atomic E-state index is 13.9. The van der Waals surface area contributed by atoms with Gasteiger partial charge in [-0.3, -0.25) is 4.79 Å². The maximum Gasteiger partial charge on any atom is 0.223 e. The lowest BCUT2D eigenvalue weighted by Crippen LogP contribution is -2.45. The number of nitriles is 1. The predicted molar refractivity (Wildman–Crippen MR) is 129 cm³/mol. The molecule has 1 unspecified atom stereocenters. The van der Waals surface area contributed by atoms with Crippen molar-refractivity contribution in [3.8, 4) is 6.07 Å². The third kappa shape index (κ3) is 6.01. The third-order valence-corrected chi connectivity index (χ3v) is 6.59. The Morgan fingerprint density at radius 3 is 2.61 bits per heavy atom. The van der Waals surface area contributed by atoms with Crippen molar-refractivity contribution in [1.29, 1.82) is 5.26 Å². The van der Waals surface area contributed by atoms with E-state index in [0.29, 0.717) is 31.6 Å². The van der Waals surface area contributed by atoms with Crippen LogP contribution in [0.25, 0.3) is 0 Å². The molecule has 1 aromatic heterocycles. The van der Waals surface area contributed by atoms with Crippen LogP contribution in [0.4, 0.5) is 10.2 Å². The van der Waals surface area contributed by atoms with E-state index in [4.69, 9.17) is 16.9 Å². The van der Waals surface area contributed by atoms with Crippen molar-refractivity contribution in [2.75, 3.05) is 31.1 Å². The molecule has 1 heterocycles. The third-order valence-electron chi connectivity index (χ3n) is 6.29. The van der Waals surface area contributed by atoms with E-state index in [1.807, 2.05) is 30.9 Å². The lowest BCUT2D eigenvalue weighted by Gasteiger charge is -2.33. The first-order valence-electron chi connectivity index (χ1n) is 11.4. The first-order chi connectivity index (χ1) is 15.8. The molecule has 1 N–H and O–H groups in total. The predicted octanol–water partition coefficient (Wildman–Crippen LogP) is 4.48. The van der Waals surface area contributed by atoms with E-state index in [0.717, 1.165) is 30.8 Å². The monoisotopic (exact) mass is 471 g/mol. The lowest BCUT2D eigenvalue weighted by molar-refractivity contribution is -0.131. The first-order valence-corrected chi connectivity index (χ1v) is 11.8. The summed E-state index contributed by atoms with van der Waals surface area (Å²) in [5, 5.41) is 12.6. The highest BCUT2D eigenvalue weighted by Crippen LogP contribution is 2.46. The molecule has 0 aliphatic heterocycles. The first kappa shape index (κ1) is 24.9. The SMILES string of the molecule is CCN(CC(C)N(CC)c1ccc(C#N)cn1)C(=O)CCNC1(c2ccc(Cl)c(F)c2)CC1. The molecule has 1 amide bonds. The second-order valence-corrected chi connectivity index (χ2v) is 8.88. The van der Waals surface area contributed by atoms with E-state index in [2.05, 4.69) is 28.2 Å². The highest BCUT2D eigenvalue weighted by molar-refractivity contribution is 6.30. The molecule has 0 radical (unpaired) electrons. The van der Waals surface area contributed by atoms with Crippen molar-refractivity contribution >= 4 is 23.3 Å². The molecule has 6 nitrogen and oxygen atoms in total. The van der Waals surface area contributed by atoms with Gasteiger partial charge in [0, 0.05) is 50.4 Å². The number of nitrogens with zero attached hydrogens (tertiary/aromatic N) is 4. The smallest absolute Gasteiger partial charge is 0.223 e.